The highest BCUT2D eigenvalue weighted by Gasteiger charge is 2.48. The number of esters is 1. The fourth-order valence-corrected chi connectivity index (χ4v) is 4.30. The topological polar surface area (TPSA) is 156 Å². The third-order valence-corrected chi connectivity index (χ3v) is 6.28. The smallest absolute Gasteiger partial charge is 0.424 e. The average Bonchev–Trinajstić information content (AvgIpc) is 2.68. The number of ether oxygens (including phenoxy) is 2. The van der Waals surface area contributed by atoms with Crippen LogP contribution in [0, 0.1) is 6.92 Å². The van der Waals surface area contributed by atoms with Gasteiger partial charge in [-0.05, 0) is 59.6 Å². The highest BCUT2D eigenvalue weighted by atomic mass is 32.2. The molecule has 0 fully saturated rings. The van der Waals surface area contributed by atoms with Crippen molar-refractivity contribution < 1.29 is 42.2 Å². The molecule has 0 spiro atoms. The number of hydrogen-bond donors (Lipinski definition) is 2. The maximum Gasteiger partial charge on any atom is 0.424 e. The zero-order valence-electron chi connectivity index (χ0n) is 20.2. The molecule has 0 radical (unpaired) electrons. The predicted molar refractivity (Wildman–Crippen MR) is 121 cm³/mol. The van der Waals surface area contributed by atoms with Crippen molar-refractivity contribution in [3.63, 3.8) is 0 Å². The number of carboxylic acids is 1. The summed E-state index contributed by atoms with van der Waals surface area (Å²) in [6.45, 7) is 8.31. The maximum absolute atomic E-state index is 13.2. The number of nitrogens with zero attached hydrogens (tertiary/aromatic N) is 1. The fourth-order valence-electron chi connectivity index (χ4n) is 2.97. The standard InChI is InChI=1S/C22H32N2O9S/c1-7-32-19(28)22(18(26)27,23-16(3)25)13-8-14-24(20(29)33-21(4,5)6)34(30,31)17-11-9-15(2)10-12-17/h9-12H,7-8,13-14H2,1-6H3,(H,23,25)(H,26,27). The number of carboxylic acid groups (broad SMARTS) is 1. The van der Waals surface area contributed by atoms with Gasteiger partial charge < -0.3 is 19.9 Å². The third-order valence-electron chi connectivity index (χ3n) is 4.50. The quantitative estimate of drug-likeness (QED) is 0.363. The Morgan fingerprint density at radius 2 is 1.65 bits per heavy atom. The number of nitrogens with one attached hydrogen (secondary N) is 1. The molecule has 2 amide bonds. The molecule has 0 aromatic heterocycles. The summed E-state index contributed by atoms with van der Waals surface area (Å²) in [6, 6.07) is 5.79. The number of aliphatic carboxylic acids is 1. The van der Waals surface area contributed by atoms with Gasteiger partial charge in [0.25, 0.3) is 10.0 Å². The first-order valence-corrected chi connectivity index (χ1v) is 12.0. The van der Waals surface area contributed by atoms with Gasteiger partial charge in [0.15, 0.2) is 0 Å². The van der Waals surface area contributed by atoms with E-state index < -0.39 is 58.1 Å². The van der Waals surface area contributed by atoms with Gasteiger partial charge in [0.05, 0.1) is 11.5 Å². The minimum Gasteiger partial charge on any atom is -0.479 e. The molecule has 1 aromatic carbocycles. The lowest BCUT2D eigenvalue weighted by Crippen LogP contribution is -2.60. The van der Waals surface area contributed by atoms with E-state index in [2.05, 4.69) is 5.32 Å². The van der Waals surface area contributed by atoms with Gasteiger partial charge in [0.1, 0.15) is 5.60 Å². The van der Waals surface area contributed by atoms with Gasteiger partial charge in [-0.2, -0.15) is 0 Å². The molecule has 0 heterocycles. The highest BCUT2D eigenvalue weighted by Crippen LogP contribution is 2.23. The van der Waals surface area contributed by atoms with Crippen LogP contribution in [0.15, 0.2) is 29.2 Å². The first-order chi connectivity index (χ1) is 15.6. The Morgan fingerprint density at radius 1 is 1.09 bits per heavy atom. The van der Waals surface area contributed by atoms with Crippen LogP contribution in [0.4, 0.5) is 4.79 Å². The van der Waals surface area contributed by atoms with Crippen LogP contribution in [0.25, 0.3) is 0 Å². The van der Waals surface area contributed by atoms with Crippen LogP contribution in [0.2, 0.25) is 0 Å². The number of carbonyl (C=O) groups is 4. The van der Waals surface area contributed by atoms with Gasteiger partial charge in [-0.15, -0.1) is 0 Å². The van der Waals surface area contributed by atoms with Crippen LogP contribution in [0.3, 0.4) is 0 Å². The van der Waals surface area contributed by atoms with E-state index in [1.807, 2.05) is 0 Å². The van der Waals surface area contributed by atoms with Crippen molar-refractivity contribution in [1.29, 1.82) is 0 Å². The molecule has 34 heavy (non-hydrogen) atoms. The van der Waals surface area contributed by atoms with Gasteiger partial charge in [-0.25, -0.2) is 27.1 Å². The Hall–Kier alpha value is -3.15. The number of amides is 2. The normalized spacial score (nSPS) is 13.4. The van der Waals surface area contributed by atoms with Gasteiger partial charge in [0, 0.05) is 13.5 Å². The molecule has 11 nitrogen and oxygen atoms in total. The van der Waals surface area contributed by atoms with Crippen LogP contribution >= 0.6 is 0 Å². The van der Waals surface area contributed by atoms with Crippen molar-refractivity contribution in [2.75, 3.05) is 13.2 Å². The first-order valence-electron chi connectivity index (χ1n) is 10.6. The molecule has 0 bridgehead atoms. The van der Waals surface area contributed by atoms with E-state index >= 15 is 0 Å². The summed E-state index contributed by atoms with van der Waals surface area (Å²) >= 11 is 0. The Labute approximate surface area is 199 Å². The van der Waals surface area contributed by atoms with Crippen molar-refractivity contribution in [2.45, 2.75) is 70.4 Å². The Balaban J connectivity index is 3.32. The van der Waals surface area contributed by atoms with Crippen LogP contribution in [0.5, 0.6) is 0 Å². The summed E-state index contributed by atoms with van der Waals surface area (Å²) in [6.07, 6.45) is -2.00. The second-order valence-corrected chi connectivity index (χ2v) is 10.4. The monoisotopic (exact) mass is 500 g/mol. The molecular weight excluding hydrogens is 468 g/mol. The number of rotatable bonds is 10. The second kappa shape index (κ2) is 11.3. The molecule has 2 N–H and O–H groups in total. The van der Waals surface area contributed by atoms with Crippen LogP contribution in [-0.2, 0) is 33.9 Å². The van der Waals surface area contributed by atoms with Crippen LogP contribution in [-0.4, -0.2) is 66.1 Å². The minimum atomic E-state index is -4.37. The highest BCUT2D eigenvalue weighted by molar-refractivity contribution is 7.89. The van der Waals surface area contributed by atoms with E-state index in [0.29, 0.717) is 4.31 Å². The molecule has 0 saturated carbocycles. The molecule has 1 unspecified atom stereocenters. The van der Waals surface area contributed by atoms with E-state index in [4.69, 9.17) is 9.47 Å². The lowest BCUT2D eigenvalue weighted by atomic mass is 9.93. The summed E-state index contributed by atoms with van der Waals surface area (Å²) in [5, 5.41) is 11.8. The summed E-state index contributed by atoms with van der Waals surface area (Å²) in [5.41, 5.74) is -2.65. The van der Waals surface area contributed by atoms with E-state index in [1.54, 1.807) is 39.8 Å². The van der Waals surface area contributed by atoms with Crippen molar-refractivity contribution in [3.8, 4) is 0 Å². The summed E-state index contributed by atoms with van der Waals surface area (Å²) in [4.78, 5) is 48.7. The van der Waals surface area contributed by atoms with Crippen molar-refractivity contribution in [2.24, 2.45) is 0 Å². The zero-order valence-corrected chi connectivity index (χ0v) is 21.0. The van der Waals surface area contributed by atoms with E-state index in [0.717, 1.165) is 12.5 Å². The minimum absolute atomic E-state index is 0.140. The molecule has 190 valence electrons. The maximum atomic E-state index is 13.2. The molecule has 1 atom stereocenters. The SMILES string of the molecule is CCOC(=O)C(CCCN(C(=O)OC(C)(C)C)S(=O)(=O)c1ccc(C)cc1)(NC(C)=O)C(=O)O. The zero-order chi connectivity index (χ0) is 26.3. The second-order valence-electron chi connectivity index (χ2n) is 8.59. The number of aryl methyl sites for hydroxylation is 1. The molecule has 12 heteroatoms. The molecular formula is C22H32N2O9S. The van der Waals surface area contributed by atoms with Crippen molar-refractivity contribution in [1.82, 2.24) is 9.62 Å². The van der Waals surface area contributed by atoms with Crippen LogP contribution in [0.1, 0.15) is 53.0 Å². The van der Waals surface area contributed by atoms with E-state index in [9.17, 15) is 32.7 Å². The molecule has 1 rings (SSSR count). The molecule has 0 saturated heterocycles. The molecule has 0 aliphatic carbocycles. The van der Waals surface area contributed by atoms with E-state index in [-0.39, 0.29) is 17.9 Å². The predicted octanol–water partition coefficient (Wildman–Crippen LogP) is 2.22. The summed E-state index contributed by atoms with van der Waals surface area (Å²) in [7, 11) is -4.37. The number of carbonyl (C=O) groups excluding carboxylic acids is 3. The summed E-state index contributed by atoms with van der Waals surface area (Å²) in [5.74, 6) is -3.68. The molecule has 0 aliphatic rings. The fraction of sp³-hybridized carbons (Fsp3) is 0.545. The Bertz CT molecular complexity index is 1010. The van der Waals surface area contributed by atoms with Gasteiger partial charge in [-0.1, -0.05) is 17.7 Å². The Morgan fingerprint density at radius 3 is 2.09 bits per heavy atom. The Kier molecular flexibility index (Phi) is 9.62. The van der Waals surface area contributed by atoms with Crippen molar-refractivity contribution in [3.05, 3.63) is 29.8 Å². The lowest BCUT2D eigenvalue weighted by Gasteiger charge is -2.30. The van der Waals surface area contributed by atoms with Crippen molar-refractivity contribution >= 4 is 34.0 Å². The average molecular weight is 501 g/mol. The van der Waals surface area contributed by atoms with Gasteiger partial charge in [-0.3, -0.25) is 4.79 Å². The number of benzene rings is 1. The largest absolute Gasteiger partial charge is 0.479 e. The third kappa shape index (κ3) is 7.44. The molecule has 0 aliphatic heterocycles. The van der Waals surface area contributed by atoms with Crippen LogP contribution < -0.4 is 5.32 Å². The molecule has 1 aromatic rings. The number of hydrogen-bond acceptors (Lipinski definition) is 8. The first kappa shape index (κ1) is 28.9. The summed E-state index contributed by atoms with van der Waals surface area (Å²) < 4.78 is 37.0. The lowest BCUT2D eigenvalue weighted by molar-refractivity contribution is -0.165. The van der Waals surface area contributed by atoms with Gasteiger partial charge >= 0.3 is 18.0 Å². The van der Waals surface area contributed by atoms with E-state index in [1.165, 1.54) is 19.1 Å². The number of sulfonamides is 1. The van der Waals surface area contributed by atoms with Gasteiger partial charge in [0.2, 0.25) is 11.4 Å².